The maximum atomic E-state index is 11.7. The van der Waals surface area contributed by atoms with E-state index in [0.717, 1.165) is 0 Å². The van der Waals surface area contributed by atoms with E-state index in [-0.39, 0.29) is 23.0 Å². The van der Waals surface area contributed by atoms with Gasteiger partial charge in [0.25, 0.3) is 11.6 Å². The number of benzene rings is 1. The number of non-ortho nitro benzene ring substituents is 1. The van der Waals surface area contributed by atoms with Gasteiger partial charge < -0.3 is 10.6 Å². The molecule has 1 aromatic carbocycles. The third-order valence-corrected chi connectivity index (χ3v) is 2.68. The molecule has 0 aliphatic carbocycles. The molecule has 0 fully saturated rings. The molecule has 0 spiro atoms. The Kier molecular flexibility index (Phi) is 3.38. The van der Waals surface area contributed by atoms with Crippen molar-refractivity contribution in [1.29, 1.82) is 0 Å². The number of amides is 1. The quantitative estimate of drug-likeness (QED) is 0.512. The van der Waals surface area contributed by atoms with Gasteiger partial charge in [-0.05, 0) is 12.1 Å². The zero-order chi connectivity index (χ0) is 14.9. The number of aromatic nitrogens is 2. The summed E-state index contributed by atoms with van der Waals surface area (Å²) in [4.78, 5) is 23.3. The van der Waals surface area contributed by atoms with E-state index in [1.807, 2.05) is 0 Å². The Hall–Kier alpha value is -2.90. The molecule has 0 saturated heterocycles. The molecule has 0 aliphatic rings. The van der Waals surface area contributed by atoms with Crippen LogP contribution in [0, 0.1) is 10.1 Å². The van der Waals surface area contributed by atoms with Crippen LogP contribution in [0.1, 0.15) is 10.5 Å². The SMILES string of the molecule is CN(C)C(=O)c1ccn(-c2ccc([N+](=O)[O-])cc2N)n1. The summed E-state index contributed by atoms with van der Waals surface area (Å²) in [5.74, 6) is -0.232. The second kappa shape index (κ2) is 5.00. The van der Waals surface area contributed by atoms with Crippen LogP contribution in [0.4, 0.5) is 11.4 Å². The average Bonchev–Trinajstić information content (AvgIpc) is 2.86. The van der Waals surface area contributed by atoms with Crippen LogP contribution < -0.4 is 5.73 Å². The Bertz CT molecular complexity index is 677. The van der Waals surface area contributed by atoms with Crippen molar-refractivity contribution in [2.75, 3.05) is 19.8 Å². The van der Waals surface area contributed by atoms with E-state index in [2.05, 4.69) is 5.10 Å². The number of nitro groups is 1. The van der Waals surface area contributed by atoms with E-state index in [1.165, 1.54) is 27.8 Å². The van der Waals surface area contributed by atoms with Crippen LogP contribution in [0.2, 0.25) is 0 Å². The summed E-state index contributed by atoms with van der Waals surface area (Å²) >= 11 is 0. The van der Waals surface area contributed by atoms with Crippen molar-refractivity contribution < 1.29 is 9.72 Å². The Morgan fingerprint density at radius 3 is 2.65 bits per heavy atom. The largest absolute Gasteiger partial charge is 0.397 e. The van der Waals surface area contributed by atoms with Crippen LogP contribution in [0.25, 0.3) is 5.69 Å². The first-order valence-corrected chi connectivity index (χ1v) is 5.72. The van der Waals surface area contributed by atoms with Crippen molar-refractivity contribution in [3.05, 3.63) is 46.3 Å². The second-order valence-electron chi connectivity index (χ2n) is 4.35. The van der Waals surface area contributed by atoms with Crippen LogP contribution >= 0.6 is 0 Å². The first-order chi connectivity index (χ1) is 9.40. The summed E-state index contributed by atoms with van der Waals surface area (Å²) < 4.78 is 1.41. The summed E-state index contributed by atoms with van der Waals surface area (Å²) in [7, 11) is 3.25. The summed E-state index contributed by atoms with van der Waals surface area (Å²) in [6.45, 7) is 0. The smallest absolute Gasteiger partial charge is 0.273 e. The fraction of sp³-hybridized carbons (Fsp3) is 0.167. The lowest BCUT2D eigenvalue weighted by Gasteiger charge is -2.07. The minimum atomic E-state index is -0.524. The molecule has 1 heterocycles. The van der Waals surface area contributed by atoms with Gasteiger partial charge in [-0.15, -0.1) is 0 Å². The second-order valence-corrected chi connectivity index (χ2v) is 4.35. The van der Waals surface area contributed by atoms with E-state index < -0.39 is 4.92 Å². The van der Waals surface area contributed by atoms with E-state index in [4.69, 9.17) is 5.73 Å². The Morgan fingerprint density at radius 1 is 1.40 bits per heavy atom. The highest BCUT2D eigenvalue weighted by atomic mass is 16.6. The number of nitrogens with two attached hydrogens (primary N) is 1. The number of rotatable bonds is 3. The third-order valence-electron chi connectivity index (χ3n) is 2.68. The minimum absolute atomic E-state index is 0.0944. The Balaban J connectivity index is 2.38. The van der Waals surface area contributed by atoms with Crippen LogP contribution in [0.15, 0.2) is 30.5 Å². The molecule has 1 aromatic heterocycles. The highest BCUT2D eigenvalue weighted by Gasteiger charge is 2.14. The van der Waals surface area contributed by atoms with Crippen LogP contribution in [-0.2, 0) is 0 Å². The lowest BCUT2D eigenvalue weighted by molar-refractivity contribution is -0.384. The van der Waals surface area contributed by atoms with Crippen molar-refractivity contribution >= 4 is 17.3 Å². The topological polar surface area (TPSA) is 107 Å². The number of hydrogen-bond acceptors (Lipinski definition) is 5. The van der Waals surface area contributed by atoms with E-state index in [0.29, 0.717) is 5.69 Å². The summed E-state index contributed by atoms with van der Waals surface area (Å²) in [5.41, 5.74) is 6.65. The van der Waals surface area contributed by atoms with Gasteiger partial charge in [-0.3, -0.25) is 14.9 Å². The summed E-state index contributed by atoms with van der Waals surface area (Å²) in [6.07, 6.45) is 1.58. The lowest BCUT2D eigenvalue weighted by Crippen LogP contribution is -2.22. The molecule has 8 heteroatoms. The van der Waals surface area contributed by atoms with Crippen molar-refractivity contribution in [3.8, 4) is 5.69 Å². The zero-order valence-corrected chi connectivity index (χ0v) is 11.0. The van der Waals surface area contributed by atoms with Crippen LogP contribution in [0.5, 0.6) is 0 Å². The molecule has 8 nitrogen and oxygen atoms in total. The highest BCUT2D eigenvalue weighted by Crippen LogP contribution is 2.22. The highest BCUT2D eigenvalue weighted by molar-refractivity contribution is 5.91. The molecule has 2 N–H and O–H groups in total. The van der Waals surface area contributed by atoms with Gasteiger partial charge in [0.15, 0.2) is 5.69 Å². The van der Waals surface area contributed by atoms with Crippen molar-refractivity contribution in [3.63, 3.8) is 0 Å². The predicted molar refractivity (Wildman–Crippen MR) is 72.6 cm³/mol. The Morgan fingerprint density at radius 2 is 2.10 bits per heavy atom. The van der Waals surface area contributed by atoms with E-state index >= 15 is 0 Å². The van der Waals surface area contributed by atoms with Gasteiger partial charge in [-0.1, -0.05) is 0 Å². The molecule has 0 radical (unpaired) electrons. The normalized spacial score (nSPS) is 10.3. The van der Waals surface area contributed by atoms with Gasteiger partial charge in [0.1, 0.15) is 0 Å². The van der Waals surface area contributed by atoms with Crippen LogP contribution in [-0.4, -0.2) is 39.6 Å². The van der Waals surface area contributed by atoms with Gasteiger partial charge >= 0.3 is 0 Å². The number of nitro benzene ring substituents is 1. The van der Waals surface area contributed by atoms with Crippen molar-refractivity contribution in [2.45, 2.75) is 0 Å². The fourth-order valence-electron chi connectivity index (χ4n) is 1.67. The van der Waals surface area contributed by atoms with Gasteiger partial charge in [-0.2, -0.15) is 5.10 Å². The number of anilines is 1. The van der Waals surface area contributed by atoms with Gasteiger partial charge in [0, 0.05) is 32.4 Å². The number of carbonyl (C=O) groups is 1. The standard InChI is InChI=1S/C12H13N5O3/c1-15(2)12(18)10-5-6-16(14-10)11-4-3-8(17(19)20)7-9(11)13/h3-7H,13H2,1-2H3. The molecule has 0 saturated carbocycles. The van der Waals surface area contributed by atoms with E-state index in [1.54, 1.807) is 26.4 Å². The molecule has 0 unspecified atom stereocenters. The molecular weight excluding hydrogens is 262 g/mol. The first-order valence-electron chi connectivity index (χ1n) is 5.72. The van der Waals surface area contributed by atoms with Crippen molar-refractivity contribution in [1.82, 2.24) is 14.7 Å². The minimum Gasteiger partial charge on any atom is -0.397 e. The molecule has 1 amide bonds. The maximum absolute atomic E-state index is 11.7. The van der Waals surface area contributed by atoms with Crippen molar-refractivity contribution in [2.24, 2.45) is 0 Å². The maximum Gasteiger partial charge on any atom is 0.273 e. The number of hydrogen-bond donors (Lipinski definition) is 1. The fourth-order valence-corrected chi connectivity index (χ4v) is 1.67. The molecule has 2 aromatic rings. The Labute approximate surface area is 114 Å². The predicted octanol–water partition coefficient (Wildman–Crippen LogP) is 1.06. The van der Waals surface area contributed by atoms with Crippen LogP contribution in [0.3, 0.4) is 0 Å². The van der Waals surface area contributed by atoms with E-state index in [9.17, 15) is 14.9 Å². The molecule has 20 heavy (non-hydrogen) atoms. The number of nitrogen functional groups attached to an aromatic ring is 1. The molecule has 2 rings (SSSR count). The third kappa shape index (κ3) is 2.44. The summed E-state index contributed by atoms with van der Waals surface area (Å²) in [5, 5.41) is 14.8. The summed E-state index contributed by atoms with van der Waals surface area (Å²) in [6, 6.07) is 5.64. The average molecular weight is 275 g/mol. The first kappa shape index (κ1) is 13.5. The lowest BCUT2D eigenvalue weighted by atomic mass is 10.2. The monoisotopic (exact) mass is 275 g/mol. The molecule has 0 atom stereocenters. The number of carbonyl (C=O) groups excluding carboxylic acids is 1. The molecule has 0 bridgehead atoms. The number of nitrogens with zero attached hydrogens (tertiary/aromatic N) is 4. The molecular formula is C12H13N5O3. The molecule has 0 aliphatic heterocycles. The van der Waals surface area contributed by atoms with Gasteiger partial charge in [0.05, 0.1) is 16.3 Å². The van der Waals surface area contributed by atoms with Gasteiger partial charge in [0.2, 0.25) is 0 Å². The molecule has 104 valence electrons. The van der Waals surface area contributed by atoms with Gasteiger partial charge in [-0.25, -0.2) is 4.68 Å². The zero-order valence-electron chi connectivity index (χ0n) is 11.0.